The molecule has 0 radical (unpaired) electrons. The van der Waals surface area contributed by atoms with Crippen molar-refractivity contribution in [2.45, 2.75) is 43.7 Å². The van der Waals surface area contributed by atoms with E-state index in [1.54, 1.807) is 21.3 Å². The third kappa shape index (κ3) is 3.61. The van der Waals surface area contributed by atoms with Gasteiger partial charge in [-0.1, -0.05) is 62.4 Å². The van der Waals surface area contributed by atoms with Crippen molar-refractivity contribution in [3.05, 3.63) is 65.7 Å². The van der Waals surface area contributed by atoms with Crippen LogP contribution in [0.3, 0.4) is 0 Å². The highest BCUT2D eigenvalue weighted by Crippen LogP contribution is 2.49. The Labute approximate surface area is 178 Å². The molecule has 1 saturated heterocycles. The molecule has 1 spiro atoms. The number of likely N-dealkylation sites (tertiary alicyclic amines) is 1. The first-order valence-electron chi connectivity index (χ1n) is 10.5. The van der Waals surface area contributed by atoms with Crippen LogP contribution in [-0.2, 0) is 22.1 Å². The van der Waals surface area contributed by atoms with Gasteiger partial charge in [-0.05, 0) is 36.0 Å². The topological polar surface area (TPSA) is 69.7 Å². The van der Waals surface area contributed by atoms with Crippen molar-refractivity contribution in [2.75, 3.05) is 19.6 Å². The monoisotopic (exact) mass is 427 g/mol. The highest BCUT2D eigenvalue weighted by atomic mass is 32.2. The molecule has 0 bridgehead atoms. The first-order valence-corrected chi connectivity index (χ1v) is 12.0. The van der Waals surface area contributed by atoms with E-state index in [4.69, 9.17) is 0 Å². The Bertz CT molecular complexity index is 1020. The first kappa shape index (κ1) is 20.9. The summed E-state index contributed by atoms with van der Waals surface area (Å²) in [5, 5.41) is 2.98. The van der Waals surface area contributed by atoms with Crippen molar-refractivity contribution in [3.8, 4) is 0 Å². The smallest absolute Gasteiger partial charge is 0.317 e. The third-order valence-corrected chi connectivity index (χ3v) is 8.19. The van der Waals surface area contributed by atoms with Gasteiger partial charge in [0.2, 0.25) is 10.0 Å². The van der Waals surface area contributed by atoms with Gasteiger partial charge < -0.3 is 10.2 Å². The predicted molar refractivity (Wildman–Crippen MR) is 116 cm³/mol. The Morgan fingerprint density at radius 3 is 2.53 bits per heavy atom. The molecule has 1 fully saturated rings. The number of carbonyl (C=O) groups excluding carboxylic acids is 1. The van der Waals surface area contributed by atoms with Gasteiger partial charge in [0, 0.05) is 26.2 Å². The molecule has 4 rings (SSSR count). The van der Waals surface area contributed by atoms with Crippen LogP contribution in [0.5, 0.6) is 0 Å². The number of rotatable bonds is 5. The number of hydrogen-bond acceptors (Lipinski definition) is 3. The normalized spacial score (nSPS) is 22.6. The van der Waals surface area contributed by atoms with E-state index < -0.39 is 15.6 Å². The Hall–Kier alpha value is -2.38. The number of benzene rings is 2. The maximum Gasteiger partial charge on any atom is 0.317 e. The summed E-state index contributed by atoms with van der Waals surface area (Å²) in [6, 6.07) is 16.9. The second-order valence-electron chi connectivity index (χ2n) is 8.60. The molecule has 160 valence electrons. The van der Waals surface area contributed by atoms with E-state index >= 15 is 0 Å². The van der Waals surface area contributed by atoms with Gasteiger partial charge >= 0.3 is 6.03 Å². The largest absolute Gasteiger partial charge is 0.334 e. The molecule has 0 aromatic heterocycles. The van der Waals surface area contributed by atoms with Gasteiger partial charge in [0.25, 0.3) is 0 Å². The Balaban J connectivity index is 1.57. The average Bonchev–Trinajstić information content (AvgIpc) is 3.25. The summed E-state index contributed by atoms with van der Waals surface area (Å²) >= 11 is 0. The Morgan fingerprint density at radius 2 is 1.80 bits per heavy atom. The number of nitrogens with zero attached hydrogens (tertiary/aromatic N) is 2. The molecule has 2 aliphatic heterocycles. The van der Waals surface area contributed by atoms with Gasteiger partial charge in [-0.15, -0.1) is 0 Å². The SMILES string of the molecule is CC(C)CCN1[C@]2(CCN(C(=O)NCc3ccccc3)C2)c2ccccc2S1(=O)=O. The van der Waals surface area contributed by atoms with Crippen LogP contribution in [-0.4, -0.2) is 43.3 Å². The molecule has 6 nitrogen and oxygen atoms in total. The van der Waals surface area contributed by atoms with Crippen LogP contribution in [0.2, 0.25) is 0 Å². The number of sulfonamides is 1. The van der Waals surface area contributed by atoms with Gasteiger partial charge in [0.05, 0.1) is 10.4 Å². The zero-order valence-electron chi connectivity index (χ0n) is 17.5. The fourth-order valence-electron chi connectivity index (χ4n) is 4.54. The van der Waals surface area contributed by atoms with Crippen molar-refractivity contribution in [2.24, 2.45) is 5.92 Å². The Kier molecular flexibility index (Phi) is 5.59. The summed E-state index contributed by atoms with van der Waals surface area (Å²) < 4.78 is 28.4. The predicted octanol–water partition coefficient (Wildman–Crippen LogP) is 3.55. The molecule has 2 aromatic carbocycles. The van der Waals surface area contributed by atoms with Gasteiger partial charge in [0.15, 0.2) is 0 Å². The van der Waals surface area contributed by atoms with Crippen molar-refractivity contribution in [3.63, 3.8) is 0 Å². The maximum atomic E-state index is 13.4. The number of nitrogens with one attached hydrogen (secondary N) is 1. The lowest BCUT2D eigenvalue weighted by molar-refractivity contribution is 0.177. The van der Waals surface area contributed by atoms with Gasteiger partial charge in [0.1, 0.15) is 0 Å². The molecule has 2 heterocycles. The van der Waals surface area contributed by atoms with E-state index in [9.17, 15) is 13.2 Å². The number of hydrogen-bond donors (Lipinski definition) is 1. The second kappa shape index (κ2) is 8.04. The number of amides is 2. The molecule has 0 aliphatic carbocycles. The quantitative estimate of drug-likeness (QED) is 0.793. The fraction of sp³-hybridized carbons (Fsp3) is 0.435. The minimum atomic E-state index is -3.56. The maximum absolute atomic E-state index is 13.4. The van der Waals surface area contributed by atoms with E-state index in [1.165, 1.54) is 0 Å². The summed E-state index contributed by atoms with van der Waals surface area (Å²) in [5.41, 5.74) is 1.19. The van der Waals surface area contributed by atoms with Gasteiger partial charge in [-0.25, -0.2) is 13.2 Å². The molecular weight excluding hydrogens is 398 g/mol. The summed E-state index contributed by atoms with van der Waals surface area (Å²) in [6.45, 7) is 6.02. The van der Waals surface area contributed by atoms with E-state index in [2.05, 4.69) is 19.2 Å². The van der Waals surface area contributed by atoms with Crippen molar-refractivity contribution in [1.82, 2.24) is 14.5 Å². The molecule has 7 heteroatoms. The average molecular weight is 428 g/mol. The van der Waals surface area contributed by atoms with E-state index in [-0.39, 0.29) is 6.03 Å². The zero-order chi connectivity index (χ0) is 21.4. The van der Waals surface area contributed by atoms with Crippen LogP contribution >= 0.6 is 0 Å². The first-order chi connectivity index (χ1) is 14.3. The van der Waals surface area contributed by atoms with Crippen LogP contribution in [0.25, 0.3) is 0 Å². The Morgan fingerprint density at radius 1 is 1.10 bits per heavy atom. The van der Waals surface area contributed by atoms with Gasteiger partial charge in [-0.3, -0.25) is 0 Å². The fourth-order valence-corrected chi connectivity index (χ4v) is 6.62. The third-order valence-electron chi connectivity index (χ3n) is 6.16. The van der Waals surface area contributed by atoms with E-state index in [1.807, 2.05) is 42.5 Å². The summed E-state index contributed by atoms with van der Waals surface area (Å²) in [4.78, 5) is 15.0. The molecule has 0 unspecified atom stereocenters. The lowest BCUT2D eigenvalue weighted by atomic mass is 9.88. The highest BCUT2D eigenvalue weighted by molar-refractivity contribution is 7.89. The van der Waals surface area contributed by atoms with Crippen LogP contribution < -0.4 is 5.32 Å². The summed E-state index contributed by atoms with van der Waals surface area (Å²) in [6.07, 6.45) is 1.40. The van der Waals surface area contributed by atoms with Crippen molar-refractivity contribution >= 4 is 16.1 Å². The van der Waals surface area contributed by atoms with E-state index in [0.717, 1.165) is 17.5 Å². The number of urea groups is 1. The molecular formula is C23H29N3O3S. The number of carbonyl (C=O) groups is 1. The molecule has 0 saturated carbocycles. The summed E-state index contributed by atoms with van der Waals surface area (Å²) in [5.74, 6) is 0.396. The summed E-state index contributed by atoms with van der Waals surface area (Å²) in [7, 11) is -3.56. The van der Waals surface area contributed by atoms with E-state index in [0.29, 0.717) is 43.4 Å². The molecule has 30 heavy (non-hydrogen) atoms. The molecule has 2 aliphatic rings. The van der Waals surface area contributed by atoms with Crippen molar-refractivity contribution in [1.29, 1.82) is 0 Å². The molecule has 2 aromatic rings. The molecule has 1 atom stereocenters. The minimum absolute atomic E-state index is 0.152. The minimum Gasteiger partial charge on any atom is -0.334 e. The molecule has 1 N–H and O–H groups in total. The van der Waals surface area contributed by atoms with Gasteiger partial charge in [-0.2, -0.15) is 4.31 Å². The van der Waals surface area contributed by atoms with Crippen molar-refractivity contribution < 1.29 is 13.2 Å². The van der Waals surface area contributed by atoms with Crippen LogP contribution in [0.1, 0.15) is 37.8 Å². The van der Waals surface area contributed by atoms with Crippen LogP contribution in [0.4, 0.5) is 4.79 Å². The standard InChI is InChI=1S/C23H29N3O3S/c1-18(2)12-14-26-23(20-10-6-7-11-21(20)30(26,28)29)13-15-25(17-23)22(27)24-16-19-8-4-3-5-9-19/h3-11,18H,12-17H2,1-2H3,(H,24,27)/t23-/m0/s1. The lowest BCUT2D eigenvalue weighted by Crippen LogP contribution is -2.48. The highest BCUT2D eigenvalue weighted by Gasteiger charge is 2.57. The second-order valence-corrected chi connectivity index (χ2v) is 10.4. The zero-order valence-corrected chi connectivity index (χ0v) is 18.4. The lowest BCUT2D eigenvalue weighted by Gasteiger charge is -2.34. The van der Waals surface area contributed by atoms with Crippen LogP contribution in [0, 0.1) is 5.92 Å². The van der Waals surface area contributed by atoms with Crippen LogP contribution in [0.15, 0.2) is 59.5 Å². The molecule has 2 amide bonds. The number of fused-ring (bicyclic) bond motifs is 2.